The Morgan fingerprint density at radius 1 is 1.00 bits per heavy atom. The standard InChI is InChI=1S/C27H23Cl2FN4OS2/c28-18-5-10-21-23(15-18)37-25(24(21)29)26(35)32-27(36)31-19-6-8-20(9-7-19)34-13-11-33(12-14-34)16-17-3-1-2-4-22(17)30/h1-10,15H,11-14,16H2,(H2,31,32,35,36). The van der Waals surface area contributed by atoms with Gasteiger partial charge >= 0.3 is 0 Å². The van der Waals surface area contributed by atoms with Gasteiger partial charge in [-0.05, 0) is 54.7 Å². The highest BCUT2D eigenvalue weighted by Gasteiger charge is 2.20. The molecular weight excluding hydrogens is 550 g/mol. The molecule has 0 aliphatic carbocycles. The van der Waals surface area contributed by atoms with Gasteiger partial charge in [-0.15, -0.1) is 11.3 Å². The summed E-state index contributed by atoms with van der Waals surface area (Å²) in [5.41, 5.74) is 2.59. The molecule has 1 saturated heterocycles. The zero-order chi connectivity index (χ0) is 25.9. The van der Waals surface area contributed by atoms with E-state index in [0.29, 0.717) is 21.5 Å². The molecule has 0 radical (unpaired) electrons. The Bertz CT molecular complexity index is 1450. The number of halogens is 3. The van der Waals surface area contributed by atoms with Gasteiger partial charge < -0.3 is 10.2 Å². The van der Waals surface area contributed by atoms with Crippen molar-refractivity contribution in [1.29, 1.82) is 0 Å². The number of anilines is 2. The molecule has 0 spiro atoms. The number of benzene rings is 3. The van der Waals surface area contributed by atoms with Crippen molar-refractivity contribution in [3.05, 3.63) is 93.0 Å². The number of carbonyl (C=O) groups excluding carboxylic acids is 1. The highest BCUT2D eigenvalue weighted by molar-refractivity contribution is 7.80. The van der Waals surface area contributed by atoms with E-state index in [4.69, 9.17) is 35.4 Å². The van der Waals surface area contributed by atoms with Crippen LogP contribution in [0.3, 0.4) is 0 Å². The average molecular weight is 574 g/mol. The molecule has 0 saturated carbocycles. The lowest BCUT2D eigenvalue weighted by Crippen LogP contribution is -2.46. The molecule has 5 rings (SSSR count). The lowest BCUT2D eigenvalue weighted by Gasteiger charge is -2.36. The van der Waals surface area contributed by atoms with Crippen molar-refractivity contribution in [2.75, 3.05) is 36.4 Å². The zero-order valence-corrected chi connectivity index (χ0v) is 22.8. The van der Waals surface area contributed by atoms with Gasteiger partial charge in [0.25, 0.3) is 5.91 Å². The number of nitrogens with zero attached hydrogens (tertiary/aromatic N) is 2. The summed E-state index contributed by atoms with van der Waals surface area (Å²) >= 11 is 19.1. The largest absolute Gasteiger partial charge is 0.369 e. The third kappa shape index (κ3) is 6.05. The van der Waals surface area contributed by atoms with Crippen molar-refractivity contribution in [1.82, 2.24) is 10.2 Å². The second-order valence-corrected chi connectivity index (χ2v) is 11.0. The molecule has 1 amide bonds. The second-order valence-electron chi connectivity index (χ2n) is 8.70. The molecule has 190 valence electrons. The zero-order valence-electron chi connectivity index (χ0n) is 19.6. The van der Waals surface area contributed by atoms with Crippen molar-refractivity contribution < 1.29 is 9.18 Å². The Morgan fingerprint density at radius 2 is 1.73 bits per heavy atom. The van der Waals surface area contributed by atoms with Crippen LogP contribution in [0.25, 0.3) is 10.1 Å². The second kappa shape index (κ2) is 11.3. The monoisotopic (exact) mass is 572 g/mol. The van der Waals surface area contributed by atoms with E-state index in [-0.39, 0.29) is 16.8 Å². The Kier molecular flexibility index (Phi) is 7.92. The third-order valence-corrected chi connectivity index (χ3v) is 8.33. The van der Waals surface area contributed by atoms with Crippen molar-refractivity contribution in [2.45, 2.75) is 6.54 Å². The number of rotatable bonds is 5. The van der Waals surface area contributed by atoms with Crippen LogP contribution in [0.4, 0.5) is 15.8 Å². The summed E-state index contributed by atoms with van der Waals surface area (Å²) in [4.78, 5) is 17.7. The Labute approximate surface area is 233 Å². The van der Waals surface area contributed by atoms with E-state index in [1.807, 2.05) is 36.4 Å². The summed E-state index contributed by atoms with van der Waals surface area (Å²) in [6, 6.07) is 20.1. The predicted molar refractivity (Wildman–Crippen MR) is 156 cm³/mol. The van der Waals surface area contributed by atoms with Gasteiger partial charge in [0.1, 0.15) is 10.7 Å². The van der Waals surface area contributed by atoms with E-state index in [1.165, 1.54) is 17.4 Å². The maximum Gasteiger partial charge on any atom is 0.269 e. The molecule has 0 atom stereocenters. The number of thiophene rings is 1. The van der Waals surface area contributed by atoms with Crippen LogP contribution < -0.4 is 15.5 Å². The average Bonchev–Trinajstić information content (AvgIpc) is 3.22. The molecule has 3 aromatic carbocycles. The molecule has 1 aromatic heterocycles. The van der Waals surface area contributed by atoms with Crippen LogP contribution in [0.15, 0.2) is 66.7 Å². The molecular formula is C27H23Cl2FN4OS2. The molecule has 1 aliphatic rings. The van der Waals surface area contributed by atoms with E-state index in [1.54, 1.807) is 24.3 Å². The van der Waals surface area contributed by atoms with Gasteiger partial charge in [-0.2, -0.15) is 0 Å². The Balaban J connectivity index is 1.14. The number of hydrogen-bond donors (Lipinski definition) is 2. The quantitative estimate of drug-likeness (QED) is 0.258. The first kappa shape index (κ1) is 25.9. The molecule has 0 bridgehead atoms. The molecule has 4 aromatic rings. The van der Waals surface area contributed by atoms with Gasteiger partial charge in [0.2, 0.25) is 0 Å². The maximum absolute atomic E-state index is 14.0. The number of amides is 1. The number of fused-ring (bicyclic) bond motifs is 1. The lowest BCUT2D eigenvalue weighted by molar-refractivity contribution is 0.0982. The summed E-state index contributed by atoms with van der Waals surface area (Å²) in [5, 5.41) is 7.69. The minimum Gasteiger partial charge on any atom is -0.369 e. The topological polar surface area (TPSA) is 47.6 Å². The van der Waals surface area contributed by atoms with Crippen molar-refractivity contribution in [3.63, 3.8) is 0 Å². The van der Waals surface area contributed by atoms with E-state index >= 15 is 0 Å². The summed E-state index contributed by atoms with van der Waals surface area (Å²) in [7, 11) is 0. The maximum atomic E-state index is 14.0. The molecule has 2 heterocycles. The predicted octanol–water partition coefficient (Wildman–Crippen LogP) is 6.80. The van der Waals surface area contributed by atoms with Crippen LogP contribution in [-0.4, -0.2) is 42.1 Å². The molecule has 1 fully saturated rings. The van der Waals surface area contributed by atoms with Crippen LogP contribution in [0.1, 0.15) is 15.2 Å². The minimum atomic E-state index is -0.371. The van der Waals surface area contributed by atoms with Crippen molar-refractivity contribution in [2.24, 2.45) is 0 Å². The van der Waals surface area contributed by atoms with Gasteiger partial charge in [0, 0.05) is 64.8 Å². The fourth-order valence-electron chi connectivity index (χ4n) is 4.29. The Morgan fingerprint density at radius 3 is 2.46 bits per heavy atom. The van der Waals surface area contributed by atoms with Gasteiger partial charge in [0.15, 0.2) is 5.11 Å². The van der Waals surface area contributed by atoms with E-state index in [0.717, 1.165) is 53.2 Å². The lowest BCUT2D eigenvalue weighted by atomic mass is 10.1. The number of carbonyl (C=O) groups is 1. The van der Waals surface area contributed by atoms with E-state index in [9.17, 15) is 9.18 Å². The normalized spacial score (nSPS) is 14.1. The molecule has 5 nitrogen and oxygen atoms in total. The molecule has 37 heavy (non-hydrogen) atoms. The van der Waals surface area contributed by atoms with E-state index < -0.39 is 0 Å². The van der Waals surface area contributed by atoms with Crippen LogP contribution >= 0.6 is 46.8 Å². The smallest absolute Gasteiger partial charge is 0.269 e. The molecule has 1 aliphatic heterocycles. The van der Waals surface area contributed by atoms with Crippen molar-refractivity contribution >= 4 is 79.2 Å². The first-order chi connectivity index (χ1) is 17.9. The van der Waals surface area contributed by atoms with Gasteiger partial charge in [0.05, 0.1) is 5.02 Å². The summed E-state index contributed by atoms with van der Waals surface area (Å²) < 4.78 is 14.8. The fourth-order valence-corrected chi connectivity index (χ4v) is 6.19. The number of nitrogens with one attached hydrogen (secondary N) is 2. The van der Waals surface area contributed by atoms with Gasteiger partial charge in [-0.3, -0.25) is 15.0 Å². The van der Waals surface area contributed by atoms with Crippen LogP contribution in [0.5, 0.6) is 0 Å². The van der Waals surface area contributed by atoms with Crippen molar-refractivity contribution in [3.8, 4) is 0 Å². The Hall–Kier alpha value is -2.75. The first-order valence-corrected chi connectivity index (χ1v) is 13.7. The summed E-state index contributed by atoms with van der Waals surface area (Å²) in [6.45, 7) is 4.05. The van der Waals surface area contributed by atoms with Crippen LogP contribution in [0.2, 0.25) is 10.0 Å². The third-order valence-electron chi connectivity index (χ3n) is 6.24. The summed E-state index contributed by atoms with van der Waals surface area (Å²) in [5.74, 6) is -0.524. The van der Waals surface area contributed by atoms with Gasteiger partial charge in [-0.1, -0.05) is 47.5 Å². The molecule has 0 unspecified atom stereocenters. The SMILES string of the molecule is O=C(NC(=S)Nc1ccc(N2CCN(Cc3ccccc3F)CC2)cc1)c1sc2cc(Cl)ccc2c1Cl. The van der Waals surface area contributed by atoms with Gasteiger partial charge in [-0.25, -0.2) is 4.39 Å². The summed E-state index contributed by atoms with van der Waals surface area (Å²) in [6.07, 6.45) is 0. The first-order valence-electron chi connectivity index (χ1n) is 11.7. The molecule has 10 heteroatoms. The number of thiocarbonyl (C=S) groups is 1. The number of hydrogen-bond acceptors (Lipinski definition) is 5. The minimum absolute atomic E-state index is 0.154. The highest BCUT2D eigenvalue weighted by Crippen LogP contribution is 2.36. The number of piperazine rings is 1. The van der Waals surface area contributed by atoms with E-state index in [2.05, 4.69) is 20.4 Å². The van der Waals surface area contributed by atoms with Crippen LogP contribution in [0, 0.1) is 5.82 Å². The van der Waals surface area contributed by atoms with Crippen LogP contribution in [-0.2, 0) is 6.54 Å². The highest BCUT2D eigenvalue weighted by atomic mass is 35.5. The fraction of sp³-hybridized carbons (Fsp3) is 0.185. The molecule has 2 N–H and O–H groups in total.